The normalized spacial score (nSPS) is 11.5. The molecular formula is C28H26N4O7S2. The van der Waals surface area contributed by atoms with Gasteiger partial charge in [0.05, 0.1) is 26.1 Å². The number of carbonyl (C=O) groups is 1. The van der Waals surface area contributed by atoms with Crippen molar-refractivity contribution in [2.45, 2.75) is 23.6 Å². The molecule has 0 unspecified atom stereocenters. The topological polar surface area (TPSA) is 156 Å². The van der Waals surface area contributed by atoms with Crippen LogP contribution in [0.1, 0.15) is 11.1 Å². The van der Waals surface area contributed by atoms with E-state index in [1.165, 1.54) is 60.7 Å². The van der Waals surface area contributed by atoms with Gasteiger partial charge >= 0.3 is 0 Å². The number of hydrogen-bond donors (Lipinski definition) is 2. The van der Waals surface area contributed by atoms with Crippen LogP contribution in [0.5, 0.6) is 0 Å². The third kappa shape index (κ3) is 6.88. The van der Waals surface area contributed by atoms with Crippen molar-refractivity contribution in [2.75, 3.05) is 20.9 Å². The van der Waals surface area contributed by atoms with Crippen LogP contribution in [0, 0.1) is 24.0 Å². The first-order valence-electron chi connectivity index (χ1n) is 12.2. The lowest BCUT2D eigenvalue weighted by Gasteiger charge is -2.24. The van der Waals surface area contributed by atoms with Gasteiger partial charge in [-0.3, -0.25) is 23.9 Å². The number of benzene rings is 4. The fraction of sp³-hybridized carbons (Fsp3) is 0.107. The highest BCUT2D eigenvalue weighted by molar-refractivity contribution is 7.93. The van der Waals surface area contributed by atoms with Crippen LogP contribution < -0.4 is 14.3 Å². The zero-order valence-electron chi connectivity index (χ0n) is 22.0. The van der Waals surface area contributed by atoms with Crippen molar-refractivity contribution in [1.29, 1.82) is 0 Å². The number of sulfonamides is 2. The molecule has 0 radical (unpaired) electrons. The van der Waals surface area contributed by atoms with Gasteiger partial charge in [-0.1, -0.05) is 35.9 Å². The molecule has 13 heteroatoms. The monoisotopic (exact) mass is 594 g/mol. The summed E-state index contributed by atoms with van der Waals surface area (Å²) in [6.07, 6.45) is 0. The molecule has 0 aromatic heterocycles. The summed E-state index contributed by atoms with van der Waals surface area (Å²) in [5.74, 6) is -0.716. The number of nitrogens with one attached hydrogen (secondary N) is 2. The van der Waals surface area contributed by atoms with Gasteiger partial charge in [0.25, 0.3) is 25.7 Å². The molecule has 0 atom stereocenters. The molecule has 0 aliphatic rings. The number of nitro benzene ring substituents is 1. The third-order valence-corrected chi connectivity index (χ3v) is 9.21. The van der Waals surface area contributed by atoms with E-state index in [1.807, 2.05) is 13.0 Å². The molecule has 2 N–H and O–H groups in total. The van der Waals surface area contributed by atoms with Crippen LogP contribution in [0.4, 0.5) is 22.7 Å². The molecule has 0 spiro atoms. The van der Waals surface area contributed by atoms with E-state index in [4.69, 9.17) is 0 Å². The van der Waals surface area contributed by atoms with Crippen LogP contribution in [0.25, 0.3) is 0 Å². The molecule has 0 bridgehead atoms. The number of anilines is 3. The molecule has 0 aliphatic heterocycles. The highest BCUT2D eigenvalue weighted by Crippen LogP contribution is 2.26. The average molecular weight is 595 g/mol. The SMILES string of the molecule is Cc1ccc(NS(=O)(=O)c2ccc(NC(=O)CN(c3ccc([N+](=O)[O-])cc3)S(=O)(=O)c3ccccc3)cc2)c(C)c1. The maximum Gasteiger partial charge on any atom is 0.269 e. The lowest BCUT2D eigenvalue weighted by Crippen LogP contribution is -2.38. The van der Waals surface area contributed by atoms with Gasteiger partial charge in [-0.05, 0) is 74.0 Å². The van der Waals surface area contributed by atoms with Gasteiger partial charge in [0.15, 0.2) is 0 Å². The molecule has 0 aliphatic carbocycles. The third-order valence-electron chi connectivity index (χ3n) is 6.04. The van der Waals surface area contributed by atoms with Crippen LogP contribution in [-0.4, -0.2) is 34.2 Å². The fourth-order valence-electron chi connectivity index (χ4n) is 3.96. The van der Waals surface area contributed by atoms with Crippen molar-refractivity contribution in [3.05, 3.63) is 118 Å². The molecule has 0 saturated carbocycles. The smallest absolute Gasteiger partial charge is 0.269 e. The lowest BCUT2D eigenvalue weighted by atomic mass is 10.1. The van der Waals surface area contributed by atoms with E-state index in [-0.39, 0.29) is 26.9 Å². The summed E-state index contributed by atoms with van der Waals surface area (Å²) in [5.41, 5.74) is 2.25. The first-order chi connectivity index (χ1) is 19.4. The van der Waals surface area contributed by atoms with Gasteiger partial charge in [0.1, 0.15) is 6.54 Å². The fourth-order valence-corrected chi connectivity index (χ4v) is 6.53. The number of nitrogens with zero attached hydrogens (tertiary/aromatic N) is 2. The molecule has 11 nitrogen and oxygen atoms in total. The minimum Gasteiger partial charge on any atom is -0.325 e. The second-order valence-electron chi connectivity index (χ2n) is 9.09. The Morgan fingerprint density at radius 1 is 0.829 bits per heavy atom. The summed E-state index contributed by atoms with van der Waals surface area (Å²) < 4.78 is 56.0. The van der Waals surface area contributed by atoms with E-state index in [1.54, 1.807) is 25.1 Å². The van der Waals surface area contributed by atoms with E-state index in [2.05, 4.69) is 10.0 Å². The van der Waals surface area contributed by atoms with Crippen molar-refractivity contribution in [1.82, 2.24) is 0 Å². The Hall–Kier alpha value is -4.75. The molecule has 0 saturated heterocycles. The molecular weight excluding hydrogens is 568 g/mol. The number of hydrogen-bond acceptors (Lipinski definition) is 7. The van der Waals surface area contributed by atoms with Gasteiger partial charge in [-0.15, -0.1) is 0 Å². The molecule has 0 fully saturated rings. The van der Waals surface area contributed by atoms with E-state index in [9.17, 15) is 31.7 Å². The largest absolute Gasteiger partial charge is 0.325 e. The number of aryl methyl sites for hydroxylation is 2. The number of rotatable bonds is 10. The van der Waals surface area contributed by atoms with Crippen molar-refractivity contribution in [3.63, 3.8) is 0 Å². The molecule has 4 aromatic rings. The molecule has 4 aromatic carbocycles. The Morgan fingerprint density at radius 2 is 1.46 bits per heavy atom. The molecule has 1 amide bonds. The zero-order chi connectivity index (χ0) is 29.8. The van der Waals surface area contributed by atoms with Crippen molar-refractivity contribution in [2.24, 2.45) is 0 Å². The number of nitro groups is 1. The second-order valence-corrected chi connectivity index (χ2v) is 12.6. The summed E-state index contributed by atoms with van der Waals surface area (Å²) in [5, 5.41) is 13.6. The average Bonchev–Trinajstić information content (AvgIpc) is 2.94. The van der Waals surface area contributed by atoms with Crippen LogP contribution in [0.2, 0.25) is 0 Å². The van der Waals surface area contributed by atoms with Gasteiger partial charge in [-0.2, -0.15) is 0 Å². The Balaban J connectivity index is 1.54. The van der Waals surface area contributed by atoms with Crippen molar-refractivity contribution in [3.8, 4) is 0 Å². The van der Waals surface area contributed by atoms with E-state index in [0.717, 1.165) is 27.6 Å². The van der Waals surface area contributed by atoms with Crippen molar-refractivity contribution >= 4 is 48.7 Å². The van der Waals surface area contributed by atoms with Gasteiger partial charge in [-0.25, -0.2) is 16.8 Å². The summed E-state index contributed by atoms with van der Waals surface area (Å²) in [4.78, 5) is 23.3. The first kappa shape index (κ1) is 29.2. The Labute approximate surface area is 237 Å². The highest BCUT2D eigenvalue weighted by atomic mass is 32.2. The maximum absolute atomic E-state index is 13.4. The van der Waals surface area contributed by atoms with Crippen LogP contribution in [-0.2, 0) is 24.8 Å². The quantitative estimate of drug-likeness (QED) is 0.196. The number of carbonyl (C=O) groups excluding carboxylic acids is 1. The highest BCUT2D eigenvalue weighted by Gasteiger charge is 2.27. The predicted molar refractivity (Wildman–Crippen MR) is 156 cm³/mol. The minimum absolute atomic E-state index is 0.0327. The standard InChI is InChI=1S/C28H26N4O7S2/c1-20-8-17-27(21(2)18-20)30-40(36,37)25-15-9-22(10-16-25)29-28(33)19-31(23-11-13-24(14-12-23)32(34)35)41(38,39)26-6-4-3-5-7-26/h3-18,30H,19H2,1-2H3,(H,29,33). The van der Waals surface area contributed by atoms with Crippen LogP contribution >= 0.6 is 0 Å². The first-order valence-corrected chi connectivity index (χ1v) is 15.1. The predicted octanol–water partition coefficient (Wildman–Crippen LogP) is 4.85. The maximum atomic E-state index is 13.4. The summed E-state index contributed by atoms with van der Waals surface area (Å²) in [7, 11) is -8.13. The van der Waals surface area contributed by atoms with Crippen LogP contribution in [0.15, 0.2) is 107 Å². The number of non-ortho nitro benzene ring substituents is 1. The summed E-state index contributed by atoms with van der Waals surface area (Å²) in [6.45, 7) is 3.05. The number of amides is 1. The summed E-state index contributed by atoms with van der Waals surface area (Å²) >= 11 is 0. The zero-order valence-corrected chi connectivity index (χ0v) is 23.6. The van der Waals surface area contributed by atoms with E-state index in [0.29, 0.717) is 5.69 Å². The van der Waals surface area contributed by atoms with Crippen LogP contribution in [0.3, 0.4) is 0 Å². The van der Waals surface area contributed by atoms with E-state index < -0.39 is 37.4 Å². The lowest BCUT2D eigenvalue weighted by molar-refractivity contribution is -0.384. The summed E-state index contributed by atoms with van der Waals surface area (Å²) in [6, 6.07) is 23.0. The Bertz CT molecular complexity index is 1790. The Morgan fingerprint density at radius 3 is 2.05 bits per heavy atom. The van der Waals surface area contributed by atoms with E-state index >= 15 is 0 Å². The van der Waals surface area contributed by atoms with Gasteiger partial charge < -0.3 is 5.32 Å². The molecule has 41 heavy (non-hydrogen) atoms. The minimum atomic E-state index is -4.22. The van der Waals surface area contributed by atoms with Gasteiger partial charge in [0, 0.05) is 17.8 Å². The van der Waals surface area contributed by atoms with Crippen molar-refractivity contribution < 1.29 is 26.6 Å². The molecule has 0 heterocycles. The molecule has 4 rings (SSSR count). The van der Waals surface area contributed by atoms with Gasteiger partial charge in [0.2, 0.25) is 5.91 Å². The Kier molecular flexibility index (Phi) is 8.40. The second kappa shape index (κ2) is 11.8. The molecule has 212 valence electrons.